The van der Waals surface area contributed by atoms with E-state index in [0.717, 1.165) is 16.7 Å². The van der Waals surface area contributed by atoms with Crippen LogP contribution in [-0.2, 0) is 16.8 Å². The third-order valence-corrected chi connectivity index (χ3v) is 5.93. The average Bonchev–Trinajstić information content (AvgIpc) is 2.88. The number of pyridine rings is 1. The first kappa shape index (κ1) is 25.4. The summed E-state index contributed by atoms with van der Waals surface area (Å²) in [4.78, 5) is 30.9. The Bertz CT molecular complexity index is 1570. The quantitative estimate of drug-likeness (QED) is 0.290. The molecule has 4 aromatic rings. The second-order valence-corrected chi connectivity index (χ2v) is 9.74. The second-order valence-electron chi connectivity index (χ2n) is 9.74. The Hall–Kier alpha value is -4.70. The number of nitrogens with one attached hydrogen (secondary N) is 1. The number of amides is 1. The number of carbonyl (C=O) groups is 1. The molecule has 0 bridgehead atoms. The lowest BCUT2D eigenvalue weighted by atomic mass is 9.87. The Kier molecular flexibility index (Phi) is 7.21. The number of ether oxygens (including phenoxy) is 1. The van der Waals surface area contributed by atoms with Crippen LogP contribution in [0.1, 0.15) is 43.0 Å². The molecule has 2 aromatic heterocycles. The first-order valence-electron chi connectivity index (χ1n) is 11.9. The maximum Gasteiger partial charge on any atom is 0.269 e. The minimum absolute atomic E-state index is 0.00871. The van der Waals surface area contributed by atoms with Gasteiger partial charge >= 0.3 is 0 Å². The van der Waals surface area contributed by atoms with E-state index in [9.17, 15) is 14.9 Å². The van der Waals surface area contributed by atoms with Crippen molar-refractivity contribution >= 4 is 17.6 Å². The first-order chi connectivity index (χ1) is 17.7. The van der Waals surface area contributed by atoms with Crippen molar-refractivity contribution in [2.75, 3.05) is 0 Å². The molecule has 186 valence electrons. The summed E-state index contributed by atoms with van der Waals surface area (Å²) < 4.78 is 7.45. The molecule has 7 nitrogen and oxygen atoms in total. The number of hydrogen-bond donors (Lipinski definition) is 1. The summed E-state index contributed by atoms with van der Waals surface area (Å²) in [6, 6.07) is 22.4. The molecule has 0 aliphatic rings. The van der Waals surface area contributed by atoms with Gasteiger partial charge in [-0.05, 0) is 53.3 Å². The molecular weight excluding hydrogens is 464 g/mol. The number of hydrogen-bond acceptors (Lipinski definition) is 5. The van der Waals surface area contributed by atoms with Crippen LogP contribution in [0.5, 0.6) is 11.6 Å². The fourth-order valence-electron chi connectivity index (χ4n) is 3.79. The van der Waals surface area contributed by atoms with Gasteiger partial charge < -0.3 is 10.1 Å². The molecule has 1 amide bonds. The Balaban J connectivity index is 1.75. The van der Waals surface area contributed by atoms with Crippen LogP contribution in [0, 0.1) is 18.3 Å². The Morgan fingerprint density at radius 2 is 1.78 bits per heavy atom. The van der Waals surface area contributed by atoms with Crippen LogP contribution in [0.15, 0.2) is 83.3 Å². The molecule has 2 aromatic carbocycles. The van der Waals surface area contributed by atoms with Crippen molar-refractivity contribution in [2.45, 2.75) is 39.7 Å². The van der Waals surface area contributed by atoms with Crippen molar-refractivity contribution in [1.82, 2.24) is 14.7 Å². The second kappa shape index (κ2) is 10.5. The molecule has 0 saturated heterocycles. The molecule has 0 aliphatic heterocycles. The van der Waals surface area contributed by atoms with Gasteiger partial charge in [-0.3, -0.25) is 14.0 Å². The van der Waals surface area contributed by atoms with E-state index in [1.54, 1.807) is 12.3 Å². The molecule has 37 heavy (non-hydrogen) atoms. The normalized spacial score (nSPS) is 11.7. The van der Waals surface area contributed by atoms with Gasteiger partial charge in [0.15, 0.2) is 0 Å². The SMILES string of the molecule is Cc1cccn2c(=O)c(C=C(C#N)C(=O)NCc3ccccc3)c(Oc3ccc(C(C)(C)C)cc3)nc12. The highest BCUT2D eigenvalue weighted by Crippen LogP contribution is 2.28. The molecule has 0 atom stereocenters. The van der Waals surface area contributed by atoms with Gasteiger partial charge in [-0.25, -0.2) is 0 Å². The van der Waals surface area contributed by atoms with Crippen LogP contribution < -0.4 is 15.6 Å². The number of carbonyl (C=O) groups excluding carboxylic acids is 1. The highest BCUT2D eigenvalue weighted by molar-refractivity contribution is 6.01. The fraction of sp³-hybridized carbons (Fsp3) is 0.200. The molecule has 0 aliphatic carbocycles. The molecule has 0 fully saturated rings. The van der Waals surface area contributed by atoms with E-state index in [2.05, 4.69) is 31.1 Å². The van der Waals surface area contributed by atoms with E-state index < -0.39 is 11.5 Å². The van der Waals surface area contributed by atoms with Crippen molar-refractivity contribution in [3.05, 3.63) is 111 Å². The van der Waals surface area contributed by atoms with Crippen LogP contribution in [0.25, 0.3) is 11.7 Å². The summed E-state index contributed by atoms with van der Waals surface area (Å²) in [7, 11) is 0. The van der Waals surface area contributed by atoms with Crippen molar-refractivity contribution in [1.29, 1.82) is 5.26 Å². The monoisotopic (exact) mass is 492 g/mol. The fourth-order valence-corrected chi connectivity index (χ4v) is 3.79. The summed E-state index contributed by atoms with van der Waals surface area (Å²) in [5.74, 6) is -0.0912. The summed E-state index contributed by atoms with van der Waals surface area (Å²) in [6.45, 7) is 8.44. The lowest BCUT2D eigenvalue weighted by molar-refractivity contribution is -0.117. The maximum absolute atomic E-state index is 13.5. The lowest BCUT2D eigenvalue weighted by Gasteiger charge is -2.19. The predicted octanol–water partition coefficient (Wildman–Crippen LogP) is 5.32. The molecule has 0 radical (unpaired) electrons. The molecule has 1 N–H and O–H groups in total. The number of rotatable bonds is 6. The van der Waals surface area contributed by atoms with E-state index in [4.69, 9.17) is 4.74 Å². The smallest absolute Gasteiger partial charge is 0.269 e. The number of nitriles is 1. The lowest BCUT2D eigenvalue weighted by Crippen LogP contribution is -2.25. The van der Waals surface area contributed by atoms with Crippen molar-refractivity contribution in [3.63, 3.8) is 0 Å². The van der Waals surface area contributed by atoms with Crippen LogP contribution in [0.3, 0.4) is 0 Å². The zero-order valence-corrected chi connectivity index (χ0v) is 21.3. The van der Waals surface area contributed by atoms with E-state index in [1.165, 1.54) is 10.5 Å². The van der Waals surface area contributed by atoms with E-state index in [-0.39, 0.29) is 29.0 Å². The van der Waals surface area contributed by atoms with Crippen molar-refractivity contribution in [2.24, 2.45) is 0 Å². The third-order valence-electron chi connectivity index (χ3n) is 5.93. The molecule has 0 saturated carbocycles. The number of aryl methyl sites for hydroxylation is 1. The van der Waals surface area contributed by atoms with Gasteiger partial charge in [0.2, 0.25) is 5.88 Å². The van der Waals surface area contributed by atoms with Gasteiger partial charge in [-0.1, -0.05) is 69.3 Å². The van der Waals surface area contributed by atoms with Crippen LogP contribution in [-0.4, -0.2) is 15.3 Å². The largest absolute Gasteiger partial charge is 0.438 e. The van der Waals surface area contributed by atoms with E-state index >= 15 is 0 Å². The predicted molar refractivity (Wildman–Crippen MR) is 143 cm³/mol. The molecular formula is C30H28N4O3. The number of aromatic nitrogens is 2. The molecule has 0 spiro atoms. The van der Waals surface area contributed by atoms with Crippen molar-refractivity contribution in [3.8, 4) is 17.7 Å². The number of benzene rings is 2. The first-order valence-corrected chi connectivity index (χ1v) is 11.9. The van der Waals surface area contributed by atoms with E-state index in [0.29, 0.717) is 11.4 Å². The highest BCUT2D eigenvalue weighted by Gasteiger charge is 2.19. The molecule has 7 heteroatoms. The van der Waals surface area contributed by atoms with E-state index in [1.807, 2.05) is 73.7 Å². The topological polar surface area (TPSA) is 96.5 Å². The maximum atomic E-state index is 13.5. The molecule has 2 heterocycles. The Labute approximate surface area is 215 Å². The van der Waals surface area contributed by atoms with Gasteiger partial charge in [0.05, 0.1) is 0 Å². The van der Waals surface area contributed by atoms with Crippen molar-refractivity contribution < 1.29 is 9.53 Å². The Morgan fingerprint density at radius 3 is 2.43 bits per heavy atom. The molecule has 4 rings (SSSR count). The van der Waals surface area contributed by atoms with Gasteiger partial charge in [0, 0.05) is 12.7 Å². The average molecular weight is 493 g/mol. The zero-order chi connectivity index (χ0) is 26.6. The minimum atomic E-state index is -0.597. The highest BCUT2D eigenvalue weighted by atomic mass is 16.5. The number of fused-ring (bicyclic) bond motifs is 1. The number of nitrogens with zero attached hydrogens (tertiary/aromatic N) is 3. The van der Waals surface area contributed by atoms with Crippen LogP contribution >= 0.6 is 0 Å². The summed E-state index contributed by atoms with van der Waals surface area (Å²) in [6.07, 6.45) is 2.84. The van der Waals surface area contributed by atoms with Gasteiger partial charge in [0.25, 0.3) is 11.5 Å². The van der Waals surface area contributed by atoms with Crippen LogP contribution in [0.2, 0.25) is 0 Å². The standard InChI is InChI=1S/C30H28N4O3/c1-20-9-8-16-34-26(20)33-28(37-24-14-12-23(13-15-24)30(2,3)4)25(29(34)36)17-22(18-31)27(35)32-19-21-10-6-5-7-11-21/h5-17H,19H2,1-4H3,(H,32,35). The summed E-state index contributed by atoms with van der Waals surface area (Å²) in [5.41, 5.74) is 2.53. The summed E-state index contributed by atoms with van der Waals surface area (Å²) in [5, 5.41) is 12.5. The minimum Gasteiger partial charge on any atom is -0.438 e. The van der Waals surface area contributed by atoms with Crippen LogP contribution in [0.4, 0.5) is 0 Å². The third kappa shape index (κ3) is 5.76. The molecule has 0 unspecified atom stereocenters. The van der Waals surface area contributed by atoms with Gasteiger partial charge in [-0.15, -0.1) is 0 Å². The van der Waals surface area contributed by atoms with Gasteiger partial charge in [0.1, 0.15) is 28.6 Å². The van der Waals surface area contributed by atoms with Gasteiger partial charge in [-0.2, -0.15) is 10.2 Å². The summed E-state index contributed by atoms with van der Waals surface area (Å²) >= 11 is 0. The Morgan fingerprint density at radius 1 is 1.08 bits per heavy atom. The zero-order valence-electron chi connectivity index (χ0n) is 21.3.